The van der Waals surface area contributed by atoms with Crippen LogP contribution in [0.4, 0.5) is 4.39 Å². The van der Waals surface area contributed by atoms with Crippen LogP contribution < -0.4 is 0 Å². The largest absolute Gasteiger partial charge is 0.294 e. The fourth-order valence-electron chi connectivity index (χ4n) is 2.43. The molecule has 0 aliphatic carbocycles. The lowest BCUT2D eigenvalue weighted by Crippen LogP contribution is -2.05. The van der Waals surface area contributed by atoms with Crippen LogP contribution in [0.25, 0.3) is 10.8 Å². The van der Waals surface area contributed by atoms with Gasteiger partial charge in [-0.25, -0.2) is 4.39 Å². The summed E-state index contributed by atoms with van der Waals surface area (Å²) in [6, 6.07) is 18.0. The summed E-state index contributed by atoms with van der Waals surface area (Å²) in [7, 11) is 0. The highest BCUT2D eigenvalue weighted by molar-refractivity contribution is 9.10. The Morgan fingerprint density at radius 1 is 1.00 bits per heavy atom. The molecular weight excluding hydrogens is 331 g/mol. The highest BCUT2D eigenvalue weighted by Gasteiger charge is 2.13. The van der Waals surface area contributed by atoms with Crippen molar-refractivity contribution < 1.29 is 9.18 Å². The van der Waals surface area contributed by atoms with Gasteiger partial charge in [-0.1, -0.05) is 58.4 Å². The van der Waals surface area contributed by atoms with Gasteiger partial charge in [-0.3, -0.25) is 4.79 Å². The molecule has 3 aromatic carbocycles. The lowest BCUT2D eigenvalue weighted by Gasteiger charge is -2.07. The van der Waals surface area contributed by atoms with Crippen molar-refractivity contribution in [3.63, 3.8) is 0 Å². The van der Waals surface area contributed by atoms with E-state index in [0.29, 0.717) is 10.0 Å². The smallest absolute Gasteiger partial charge is 0.168 e. The van der Waals surface area contributed by atoms with Crippen molar-refractivity contribution >= 4 is 32.5 Å². The fraction of sp³-hybridized carbons (Fsp3) is 0.0556. The zero-order valence-electron chi connectivity index (χ0n) is 11.1. The zero-order chi connectivity index (χ0) is 14.8. The van der Waals surface area contributed by atoms with E-state index in [9.17, 15) is 9.18 Å². The first kappa shape index (κ1) is 14.0. The summed E-state index contributed by atoms with van der Waals surface area (Å²) < 4.78 is 13.9. The number of benzene rings is 3. The first-order chi connectivity index (χ1) is 10.1. The molecule has 0 atom stereocenters. The quantitative estimate of drug-likeness (QED) is 0.600. The first-order valence-corrected chi connectivity index (χ1v) is 7.39. The molecule has 0 aliphatic heterocycles. The van der Waals surface area contributed by atoms with E-state index in [1.165, 1.54) is 12.1 Å². The number of ketones is 1. The summed E-state index contributed by atoms with van der Waals surface area (Å²) >= 11 is 3.31. The molecule has 104 valence electrons. The molecule has 1 nitrogen and oxygen atoms in total. The van der Waals surface area contributed by atoms with Gasteiger partial charge in [0.25, 0.3) is 0 Å². The van der Waals surface area contributed by atoms with Crippen LogP contribution in [0.5, 0.6) is 0 Å². The van der Waals surface area contributed by atoms with Gasteiger partial charge in [0.15, 0.2) is 5.78 Å². The van der Waals surface area contributed by atoms with Gasteiger partial charge in [0.1, 0.15) is 5.82 Å². The molecule has 0 amide bonds. The maximum atomic E-state index is 13.3. The van der Waals surface area contributed by atoms with E-state index >= 15 is 0 Å². The Hall–Kier alpha value is -2.00. The lowest BCUT2D eigenvalue weighted by molar-refractivity contribution is 0.0992. The second-order valence-corrected chi connectivity index (χ2v) is 5.72. The number of rotatable bonds is 3. The Labute approximate surface area is 130 Å². The lowest BCUT2D eigenvalue weighted by atomic mass is 9.98. The van der Waals surface area contributed by atoms with Crippen LogP contribution in [-0.4, -0.2) is 5.78 Å². The molecule has 0 aliphatic rings. The molecule has 21 heavy (non-hydrogen) atoms. The fourth-order valence-corrected chi connectivity index (χ4v) is 2.89. The van der Waals surface area contributed by atoms with Gasteiger partial charge in [0.05, 0.1) is 0 Å². The molecule has 0 saturated heterocycles. The standard InChI is InChI=1S/C18H12BrFO/c19-17-9-8-14(20)11-16(17)18(21)10-13-6-3-5-12-4-1-2-7-15(12)13/h1-9,11H,10H2. The summed E-state index contributed by atoms with van der Waals surface area (Å²) in [6.45, 7) is 0. The number of halogens is 2. The number of hydrogen-bond donors (Lipinski definition) is 0. The van der Waals surface area contributed by atoms with Crippen molar-refractivity contribution in [2.75, 3.05) is 0 Å². The first-order valence-electron chi connectivity index (χ1n) is 6.60. The van der Waals surface area contributed by atoms with Crippen LogP contribution in [0, 0.1) is 5.82 Å². The number of carbonyl (C=O) groups is 1. The molecule has 0 heterocycles. The highest BCUT2D eigenvalue weighted by Crippen LogP contribution is 2.23. The van der Waals surface area contributed by atoms with Crippen LogP contribution in [0.15, 0.2) is 65.1 Å². The molecule has 0 N–H and O–H groups in total. The predicted molar refractivity (Wildman–Crippen MR) is 86.1 cm³/mol. The SMILES string of the molecule is O=C(Cc1cccc2ccccc12)c1cc(F)ccc1Br. The van der Waals surface area contributed by atoms with Gasteiger partial charge in [0.2, 0.25) is 0 Å². The Balaban J connectivity index is 1.99. The summed E-state index contributed by atoms with van der Waals surface area (Å²) in [4.78, 5) is 12.4. The number of carbonyl (C=O) groups excluding carboxylic acids is 1. The molecular formula is C18H12BrFO. The second kappa shape index (κ2) is 5.78. The van der Waals surface area contributed by atoms with Gasteiger partial charge in [-0.15, -0.1) is 0 Å². The third kappa shape index (κ3) is 2.88. The molecule has 0 spiro atoms. The third-order valence-electron chi connectivity index (χ3n) is 3.46. The monoisotopic (exact) mass is 342 g/mol. The highest BCUT2D eigenvalue weighted by atomic mass is 79.9. The third-order valence-corrected chi connectivity index (χ3v) is 4.15. The van der Waals surface area contributed by atoms with E-state index in [0.717, 1.165) is 16.3 Å². The maximum Gasteiger partial charge on any atom is 0.168 e. The van der Waals surface area contributed by atoms with Crippen molar-refractivity contribution in [2.24, 2.45) is 0 Å². The Bertz CT molecular complexity index is 821. The van der Waals surface area contributed by atoms with Crippen molar-refractivity contribution in [1.82, 2.24) is 0 Å². The molecule has 3 rings (SSSR count). The van der Waals surface area contributed by atoms with E-state index in [1.54, 1.807) is 6.07 Å². The van der Waals surface area contributed by atoms with Crippen LogP contribution in [0.2, 0.25) is 0 Å². The number of hydrogen-bond acceptors (Lipinski definition) is 1. The topological polar surface area (TPSA) is 17.1 Å². The van der Waals surface area contributed by atoms with E-state index in [4.69, 9.17) is 0 Å². The van der Waals surface area contributed by atoms with Gasteiger partial charge in [-0.05, 0) is 34.5 Å². The minimum Gasteiger partial charge on any atom is -0.294 e. The molecule has 3 heteroatoms. The molecule has 3 aromatic rings. The average Bonchev–Trinajstić information content (AvgIpc) is 2.50. The average molecular weight is 343 g/mol. The summed E-state index contributed by atoms with van der Waals surface area (Å²) in [5.41, 5.74) is 1.33. The Morgan fingerprint density at radius 3 is 2.62 bits per heavy atom. The van der Waals surface area contributed by atoms with Crippen molar-refractivity contribution in [3.05, 3.63) is 82.1 Å². The maximum absolute atomic E-state index is 13.3. The van der Waals surface area contributed by atoms with Crippen molar-refractivity contribution in [2.45, 2.75) is 6.42 Å². The Morgan fingerprint density at radius 2 is 1.76 bits per heavy atom. The minimum atomic E-state index is -0.403. The summed E-state index contributed by atoms with van der Waals surface area (Å²) in [6.07, 6.45) is 0.253. The van der Waals surface area contributed by atoms with Crippen molar-refractivity contribution in [1.29, 1.82) is 0 Å². The second-order valence-electron chi connectivity index (χ2n) is 4.86. The predicted octanol–water partition coefficient (Wildman–Crippen LogP) is 5.17. The molecule has 0 fully saturated rings. The van der Waals surface area contributed by atoms with E-state index in [1.807, 2.05) is 42.5 Å². The van der Waals surface area contributed by atoms with Crippen molar-refractivity contribution in [3.8, 4) is 0 Å². The van der Waals surface area contributed by atoms with Crippen LogP contribution in [-0.2, 0) is 6.42 Å². The number of fused-ring (bicyclic) bond motifs is 1. The summed E-state index contributed by atoms with van der Waals surface area (Å²) in [5.74, 6) is -0.503. The summed E-state index contributed by atoms with van der Waals surface area (Å²) in [5, 5.41) is 2.15. The van der Waals surface area contributed by atoms with E-state index < -0.39 is 5.82 Å². The van der Waals surface area contributed by atoms with Crippen LogP contribution in [0.3, 0.4) is 0 Å². The number of Topliss-reactive ketones (excluding diaryl/α,β-unsaturated/α-hetero) is 1. The van der Waals surface area contributed by atoms with Gasteiger partial charge in [-0.2, -0.15) is 0 Å². The minimum absolute atomic E-state index is 0.0993. The molecule has 0 bridgehead atoms. The Kier molecular flexibility index (Phi) is 3.84. The zero-order valence-corrected chi connectivity index (χ0v) is 12.7. The molecule has 0 unspecified atom stereocenters. The molecule has 0 radical (unpaired) electrons. The van der Waals surface area contributed by atoms with E-state index in [2.05, 4.69) is 15.9 Å². The normalized spacial score (nSPS) is 10.8. The molecule has 0 saturated carbocycles. The van der Waals surface area contributed by atoms with Gasteiger partial charge >= 0.3 is 0 Å². The van der Waals surface area contributed by atoms with Crippen LogP contribution in [0.1, 0.15) is 15.9 Å². The van der Waals surface area contributed by atoms with Crippen LogP contribution >= 0.6 is 15.9 Å². The van der Waals surface area contributed by atoms with Gasteiger partial charge < -0.3 is 0 Å². The van der Waals surface area contributed by atoms with Gasteiger partial charge in [0, 0.05) is 16.5 Å². The molecule has 0 aromatic heterocycles. The van der Waals surface area contributed by atoms with E-state index in [-0.39, 0.29) is 12.2 Å².